The molecule has 186 valence electrons. The molecule has 9 heteroatoms. The van der Waals surface area contributed by atoms with Gasteiger partial charge in [0.1, 0.15) is 0 Å². The van der Waals surface area contributed by atoms with Crippen molar-refractivity contribution in [2.75, 3.05) is 0 Å². The van der Waals surface area contributed by atoms with Crippen LogP contribution in [-0.2, 0) is 9.53 Å². The molecule has 0 amide bonds. The van der Waals surface area contributed by atoms with Crippen LogP contribution in [0.3, 0.4) is 0 Å². The van der Waals surface area contributed by atoms with E-state index in [4.69, 9.17) is 5.11 Å². The van der Waals surface area contributed by atoms with E-state index in [0.29, 0.717) is 0 Å². The Labute approximate surface area is 192 Å². The van der Waals surface area contributed by atoms with Gasteiger partial charge in [-0.15, -0.1) is 0 Å². The molecule has 0 aliphatic heterocycles. The van der Waals surface area contributed by atoms with Crippen molar-refractivity contribution in [1.82, 2.24) is 0 Å². The SMILES string of the molecule is CCCCC/C=C\C/C=C\C/C=C\C/C=C\CCCC(=O)O.FC(F)OC(Cl)C(F)(F)F. The zero-order valence-electron chi connectivity index (χ0n) is 18.4. The van der Waals surface area contributed by atoms with Crippen LogP contribution in [0.1, 0.15) is 71.1 Å². The third kappa shape index (κ3) is 28.3. The van der Waals surface area contributed by atoms with Gasteiger partial charge >= 0.3 is 18.8 Å². The molecule has 0 fully saturated rings. The Kier molecular flexibility index (Phi) is 22.9. The summed E-state index contributed by atoms with van der Waals surface area (Å²) in [5.41, 5.74) is -2.94. The first-order valence-electron chi connectivity index (χ1n) is 10.6. The molecule has 3 nitrogen and oxygen atoms in total. The molecular formula is C23H34ClF5O3. The average molecular weight is 489 g/mol. The van der Waals surface area contributed by atoms with Crippen molar-refractivity contribution in [2.45, 2.75) is 89.5 Å². The van der Waals surface area contributed by atoms with E-state index in [1.807, 2.05) is 0 Å². The number of hydrogen-bond donors (Lipinski definition) is 1. The summed E-state index contributed by atoms with van der Waals surface area (Å²) >= 11 is 4.32. The minimum Gasteiger partial charge on any atom is -0.481 e. The van der Waals surface area contributed by atoms with Crippen LogP contribution in [0.4, 0.5) is 22.0 Å². The van der Waals surface area contributed by atoms with Crippen LogP contribution < -0.4 is 0 Å². The molecular weight excluding hydrogens is 455 g/mol. The van der Waals surface area contributed by atoms with Crippen molar-refractivity contribution in [1.29, 1.82) is 0 Å². The predicted molar refractivity (Wildman–Crippen MR) is 119 cm³/mol. The smallest absolute Gasteiger partial charge is 0.428 e. The second kappa shape index (κ2) is 22.5. The highest BCUT2D eigenvalue weighted by Crippen LogP contribution is 2.26. The fourth-order valence-corrected chi connectivity index (χ4v) is 2.18. The van der Waals surface area contributed by atoms with Crippen LogP contribution in [0, 0.1) is 0 Å². The van der Waals surface area contributed by atoms with E-state index in [1.54, 1.807) is 0 Å². The summed E-state index contributed by atoms with van der Waals surface area (Å²) in [6, 6.07) is 0. The van der Waals surface area contributed by atoms with Gasteiger partial charge in [-0.25, -0.2) is 0 Å². The molecule has 0 saturated heterocycles. The van der Waals surface area contributed by atoms with E-state index in [-0.39, 0.29) is 6.42 Å². The zero-order valence-corrected chi connectivity index (χ0v) is 19.1. The van der Waals surface area contributed by atoms with Crippen molar-refractivity contribution < 1.29 is 36.6 Å². The van der Waals surface area contributed by atoms with Crippen LogP contribution in [0.25, 0.3) is 0 Å². The van der Waals surface area contributed by atoms with Gasteiger partial charge in [0.15, 0.2) is 0 Å². The van der Waals surface area contributed by atoms with Crippen LogP contribution in [-0.4, -0.2) is 29.4 Å². The summed E-state index contributed by atoms with van der Waals surface area (Å²) in [5, 5.41) is 8.49. The lowest BCUT2D eigenvalue weighted by Gasteiger charge is -2.12. The molecule has 0 rings (SSSR count). The molecule has 0 radical (unpaired) electrons. The van der Waals surface area contributed by atoms with E-state index >= 15 is 0 Å². The molecule has 0 bridgehead atoms. The van der Waals surface area contributed by atoms with Crippen molar-refractivity contribution in [3.8, 4) is 0 Å². The fourth-order valence-electron chi connectivity index (χ4n) is 2.10. The van der Waals surface area contributed by atoms with Crippen molar-refractivity contribution >= 4 is 17.6 Å². The standard InChI is InChI=1S/C20H32O2.C3H2ClF5O/c1-2-3-4-5-6-7-8-9-10-11-12-13-14-15-16-17-18-19-20(21)22;4-1(3(7,8)9)10-2(5)6/h6-7,9-10,12-13,15-16H,2-5,8,11,14,17-19H2,1H3,(H,21,22);1-2H/b7-6-,10-9-,13-12-,16-15-;. The van der Waals surface area contributed by atoms with Crippen LogP contribution in [0.2, 0.25) is 0 Å². The highest BCUT2D eigenvalue weighted by molar-refractivity contribution is 6.20. The molecule has 32 heavy (non-hydrogen) atoms. The summed E-state index contributed by atoms with van der Waals surface area (Å²) in [7, 11) is 0. The molecule has 0 heterocycles. The highest BCUT2D eigenvalue weighted by atomic mass is 35.5. The van der Waals surface area contributed by atoms with Crippen molar-refractivity contribution in [3.63, 3.8) is 0 Å². The van der Waals surface area contributed by atoms with E-state index in [0.717, 1.165) is 32.1 Å². The lowest BCUT2D eigenvalue weighted by Crippen LogP contribution is -2.27. The van der Waals surface area contributed by atoms with Gasteiger partial charge in [0, 0.05) is 6.42 Å². The maximum atomic E-state index is 11.2. The quantitative estimate of drug-likeness (QED) is 0.102. The van der Waals surface area contributed by atoms with Crippen LogP contribution in [0.5, 0.6) is 0 Å². The van der Waals surface area contributed by atoms with E-state index in [2.05, 4.69) is 71.9 Å². The van der Waals surface area contributed by atoms with Crippen LogP contribution >= 0.6 is 11.6 Å². The van der Waals surface area contributed by atoms with Gasteiger partial charge in [0.25, 0.3) is 0 Å². The average Bonchev–Trinajstić information content (AvgIpc) is 2.69. The topological polar surface area (TPSA) is 46.5 Å². The molecule has 0 spiro atoms. The number of alkyl halides is 6. The number of carboxylic acids is 1. The number of carbonyl (C=O) groups is 1. The first-order chi connectivity index (χ1) is 15.1. The summed E-state index contributed by atoms with van der Waals surface area (Å²) in [4.78, 5) is 10.3. The third-order valence-electron chi connectivity index (χ3n) is 3.70. The Morgan fingerprint density at radius 1 is 0.875 bits per heavy atom. The molecule has 0 aromatic heterocycles. The molecule has 0 aromatic carbocycles. The molecule has 1 unspecified atom stereocenters. The first kappa shape index (κ1) is 32.5. The predicted octanol–water partition coefficient (Wildman–Crippen LogP) is 8.57. The Morgan fingerprint density at radius 3 is 1.66 bits per heavy atom. The maximum absolute atomic E-state index is 11.2. The van der Waals surface area contributed by atoms with Gasteiger partial charge in [-0.1, -0.05) is 80.0 Å². The largest absolute Gasteiger partial charge is 0.481 e. The molecule has 1 N–H and O–H groups in total. The number of aliphatic carboxylic acids is 1. The first-order valence-corrected chi connectivity index (χ1v) is 11.0. The lowest BCUT2D eigenvalue weighted by atomic mass is 10.2. The summed E-state index contributed by atoms with van der Waals surface area (Å²) in [5.74, 6) is -0.712. The number of carboxylic acid groups (broad SMARTS) is 1. The molecule has 0 aliphatic rings. The number of ether oxygens (including phenoxy) is 1. The monoisotopic (exact) mass is 488 g/mol. The van der Waals surface area contributed by atoms with Gasteiger partial charge < -0.3 is 5.11 Å². The highest BCUT2D eigenvalue weighted by Gasteiger charge is 2.41. The van der Waals surface area contributed by atoms with Crippen LogP contribution in [0.15, 0.2) is 48.6 Å². The fraction of sp³-hybridized carbons (Fsp3) is 0.609. The summed E-state index contributed by atoms with van der Waals surface area (Å²) < 4.78 is 58.6. The second-order valence-electron chi connectivity index (χ2n) is 6.63. The van der Waals surface area contributed by atoms with E-state index in [1.165, 1.54) is 25.7 Å². The summed E-state index contributed by atoms with van der Waals surface area (Å²) in [6.45, 7) is -1.28. The van der Waals surface area contributed by atoms with Gasteiger partial charge in [-0.05, 0) is 44.9 Å². The van der Waals surface area contributed by atoms with Crippen molar-refractivity contribution in [3.05, 3.63) is 48.6 Å². The van der Waals surface area contributed by atoms with E-state index in [9.17, 15) is 26.7 Å². The number of halogens is 6. The Hall–Kier alpha value is -1.67. The minimum absolute atomic E-state index is 0.262. The lowest BCUT2D eigenvalue weighted by molar-refractivity contribution is -0.246. The normalized spacial score (nSPS) is 13.5. The summed E-state index contributed by atoms with van der Waals surface area (Å²) in [6.07, 6.45) is 22.4. The molecule has 0 saturated carbocycles. The molecule has 1 atom stereocenters. The third-order valence-corrected chi connectivity index (χ3v) is 4.05. The number of hydrogen-bond acceptors (Lipinski definition) is 2. The van der Waals surface area contributed by atoms with Gasteiger partial charge in [0.2, 0.25) is 5.56 Å². The molecule has 0 aromatic rings. The van der Waals surface area contributed by atoms with E-state index < -0.39 is 24.3 Å². The van der Waals surface area contributed by atoms with Gasteiger partial charge in [0.05, 0.1) is 0 Å². The Balaban J connectivity index is 0. The Morgan fingerprint density at radius 2 is 1.31 bits per heavy atom. The number of allylic oxidation sites excluding steroid dienone is 8. The Bertz CT molecular complexity index is 558. The maximum Gasteiger partial charge on any atom is 0.428 e. The zero-order chi connectivity index (χ0) is 24.7. The minimum atomic E-state index is -4.95. The number of unbranched alkanes of at least 4 members (excludes halogenated alkanes) is 4. The van der Waals surface area contributed by atoms with Crippen molar-refractivity contribution in [2.24, 2.45) is 0 Å². The van der Waals surface area contributed by atoms with Gasteiger partial charge in [-0.2, -0.15) is 22.0 Å². The second-order valence-corrected chi connectivity index (χ2v) is 7.03. The van der Waals surface area contributed by atoms with Gasteiger partial charge in [-0.3, -0.25) is 9.53 Å². The number of rotatable bonds is 16. The molecule has 0 aliphatic carbocycles.